The molecule has 4 aromatic rings. The Morgan fingerprint density at radius 2 is 1.80 bits per heavy atom. The van der Waals surface area contributed by atoms with Gasteiger partial charge in [-0.25, -0.2) is 4.39 Å². The number of ketones is 1. The lowest BCUT2D eigenvalue weighted by Crippen LogP contribution is -2.50. The lowest BCUT2D eigenvalue weighted by molar-refractivity contribution is 0.0919. The van der Waals surface area contributed by atoms with Crippen LogP contribution >= 0.6 is 11.6 Å². The van der Waals surface area contributed by atoms with E-state index in [1.54, 1.807) is 30.5 Å². The number of rotatable bonds is 3. The highest BCUT2D eigenvalue weighted by atomic mass is 35.5. The minimum Gasteiger partial charge on any atom is -0.374 e. The van der Waals surface area contributed by atoms with Gasteiger partial charge < -0.3 is 10.6 Å². The number of anilines is 1. The molecule has 1 atom stereocenters. The van der Waals surface area contributed by atoms with E-state index in [-0.39, 0.29) is 16.8 Å². The molecule has 0 saturated carbocycles. The van der Waals surface area contributed by atoms with E-state index in [0.717, 1.165) is 31.6 Å². The van der Waals surface area contributed by atoms with Crippen LogP contribution < -0.4 is 10.6 Å². The number of hydrogen-bond donors (Lipinski definition) is 2. The van der Waals surface area contributed by atoms with E-state index in [2.05, 4.69) is 16.7 Å². The number of carbonyl (C=O) groups excluding carboxylic acids is 2. The van der Waals surface area contributed by atoms with Crippen LogP contribution in [0.1, 0.15) is 39.1 Å². The maximum atomic E-state index is 14.2. The van der Waals surface area contributed by atoms with Gasteiger partial charge in [0.05, 0.1) is 11.6 Å². The van der Waals surface area contributed by atoms with Crippen molar-refractivity contribution in [1.82, 2.24) is 9.88 Å². The van der Waals surface area contributed by atoms with Gasteiger partial charge in [0.2, 0.25) is 0 Å². The molecule has 176 valence electrons. The molecule has 2 aliphatic rings. The molecule has 0 radical (unpaired) electrons. The van der Waals surface area contributed by atoms with Crippen LogP contribution in [0, 0.1) is 5.82 Å². The van der Waals surface area contributed by atoms with Crippen LogP contribution in [-0.2, 0) is 5.41 Å². The molecule has 0 unspecified atom stereocenters. The van der Waals surface area contributed by atoms with Crippen LogP contribution in [0.4, 0.5) is 10.1 Å². The zero-order valence-electron chi connectivity index (χ0n) is 18.9. The maximum absolute atomic E-state index is 14.2. The third-order valence-electron chi connectivity index (χ3n) is 7.40. The van der Waals surface area contributed by atoms with E-state index >= 15 is 0 Å². The second-order valence-electron chi connectivity index (χ2n) is 9.28. The number of fused-ring (bicyclic) bond motifs is 3. The summed E-state index contributed by atoms with van der Waals surface area (Å²) in [6, 6.07) is 18.4. The molecule has 1 fully saturated rings. The van der Waals surface area contributed by atoms with Gasteiger partial charge in [0.25, 0.3) is 5.91 Å². The topological polar surface area (TPSA) is 63.1 Å². The zero-order valence-corrected chi connectivity index (χ0v) is 19.6. The SMILES string of the molecule is O=C(c1cn(C(=O)c2cccc(F)c2)c2cc(Cl)ccc12)[C@@H]1Nc2ccccc2C12CCNCC2. The fourth-order valence-corrected chi connectivity index (χ4v) is 5.89. The van der Waals surface area contributed by atoms with Gasteiger partial charge in [0.15, 0.2) is 5.78 Å². The van der Waals surface area contributed by atoms with Crippen molar-refractivity contribution in [2.75, 3.05) is 18.4 Å². The standard InChI is InChI=1S/C28H23ClFN3O2/c29-18-8-9-20-21(16-33(24(20)15-18)27(35)17-4-3-5-19(30)14-17)25(34)26-28(10-12-31-13-11-28)22-6-1-2-7-23(22)32-26/h1-9,14-16,26,31-32H,10-13H2/t26-/m0/s1. The van der Waals surface area contributed by atoms with Crippen molar-refractivity contribution in [3.63, 3.8) is 0 Å². The van der Waals surface area contributed by atoms with Gasteiger partial charge in [0, 0.05) is 38.8 Å². The van der Waals surface area contributed by atoms with Crippen LogP contribution in [0.2, 0.25) is 5.02 Å². The molecule has 0 bridgehead atoms. The molecule has 2 aliphatic heterocycles. The number of Topliss-reactive ketones (excluding diaryl/α,β-unsaturated/α-hetero) is 1. The highest BCUT2D eigenvalue weighted by Crippen LogP contribution is 2.48. The monoisotopic (exact) mass is 487 g/mol. The van der Waals surface area contributed by atoms with Crippen LogP contribution in [0.25, 0.3) is 10.9 Å². The van der Waals surface area contributed by atoms with Gasteiger partial charge in [-0.1, -0.05) is 41.9 Å². The first-order chi connectivity index (χ1) is 17.0. The van der Waals surface area contributed by atoms with Gasteiger partial charge in [-0.15, -0.1) is 0 Å². The Hall–Kier alpha value is -3.48. The minimum atomic E-state index is -0.498. The molecule has 0 aliphatic carbocycles. The van der Waals surface area contributed by atoms with E-state index in [0.29, 0.717) is 21.5 Å². The molecule has 7 heteroatoms. The molecule has 1 saturated heterocycles. The third kappa shape index (κ3) is 3.48. The Kier molecular flexibility index (Phi) is 5.24. The van der Waals surface area contributed by atoms with Crippen molar-refractivity contribution in [2.45, 2.75) is 24.3 Å². The first-order valence-electron chi connectivity index (χ1n) is 11.7. The van der Waals surface area contributed by atoms with Crippen LogP contribution in [0.5, 0.6) is 0 Å². The molecule has 5 nitrogen and oxygen atoms in total. The van der Waals surface area contributed by atoms with Crippen molar-refractivity contribution in [2.24, 2.45) is 0 Å². The Bertz CT molecular complexity index is 1490. The van der Waals surface area contributed by atoms with Gasteiger partial charge in [-0.3, -0.25) is 14.2 Å². The van der Waals surface area contributed by atoms with Crippen molar-refractivity contribution in [3.05, 3.63) is 100 Å². The van der Waals surface area contributed by atoms with Crippen molar-refractivity contribution in [3.8, 4) is 0 Å². The Balaban J connectivity index is 1.48. The van der Waals surface area contributed by atoms with E-state index in [4.69, 9.17) is 11.6 Å². The van der Waals surface area contributed by atoms with E-state index in [9.17, 15) is 14.0 Å². The van der Waals surface area contributed by atoms with Crippen LogP contribution in [0.15, 0.2) is 72.9 Å². The lowest BCUT2D eigenvalue weighted by Gasteiger charge is -2.38. The highest BCUT2D eigenvalue weighted by Gasteiger charge is 2.50. The number of nitrogens with zero attached hydrogens (tertiary/aromatic N) is 1. The second-order valence-corrected chi connectivity index (χ2v) is 9.72. The fraction of sp³-hybridized carbons (Fsp3) is 0.214. The summed E-state index contributed by atoms with van der Waals surface area (Å²) < 4.78 is 15.2. The molecule has 1 spiro atoms. The molecular weight excluding hydrogens is 465 g/mol. The Morgan fingerprint density at radius 1 is 1.00 bits per heavy atom. The first kappa shape index (κ1) is 22.0. The summed E-state index contributed by atoms with van der Waals surface area (Å²) in [6.45, 7) is 1.66. The number of hydrogen-bond acceptors (Lipinski definition) is 4. The molecule has 3 aromatic carbocycles. The smallest absolute Gasteiger partial charge is 0.262 e. The zero-order chi connectivity index (χ0) is 24.2. The first-order valence-corrected chi connectivity index (χ1v) is 12.1. The van der Waals surface area contributed by atoms with Crippen molar-refractivity contribution >= 4 is 39.9 Å². The summed E-state index contributed by atoms with van der Waals surface area (Å²) in [5, 5.41) is 8.00. The Labute approximate surface area is 206 Å². The fourth-order valence-electron chi connectivity index (χ4n) is 5.72. The lowest BCUT2D eigenvalue weighted by atomic mass is 9.68. The summed E-state index contributed by atoms with van der Waals surface area (Å²) >= 11 is 6.27. The summed E-state index contributed by atoms with van der Waals surface area (Å²) in [5.41, 5.74) is 2.99. The van der Waals surface area contributed by atoms with E-state index in [1.807, 2.05) is 18.2 Å². The largest absolute Gasteiger partial charge is 0.374 e. The number of piperidine rings is 1. The van der Waals surface area contributed by atoms with Crippen molar-refractivity contribution in [1.29, 1.82) is 0 Å². The van der Waals surface area contributed by atoms with Gasteiger partial charge >= 0.3 is 0 Å². The minimum absolute atomic E-state index is 0.0683. The maximum Gasteiger partial charge on any atom is 0.262 e. The number of benzene rings is 3. The van der Waals surface area contributed by atoms with E-state index < -0.39 is 17.8 Å². The normalized spacial score (nSPS) is 18.4. The van der Waals surface area contributed by atoms with Crippen molar-refractivity contribution < 1.29 is 14.0 Å². The number of carbonyl (C=O) groups is 2. The third-order valence-corrected chi connectivity index (χ3v) is 7.63. The van der Waals surface area contributed by atoms with Crippen LogP contribution in [-0.4, -0.2) is 35.4 Å². The van der Waals surface area contributed by atoms with Crippen LogP contribution in [0.3, 0.4) is 0 Å². The number of para-hydroxylation sites is 1. The number of aromatic nitrogens is 1. The molecular formula is C28H23ClFN3O2. The number of nitrogens with one attached hydrogen (secondary N) is 2. The Morgan fingerprint density at radius 3 is 2.60 bits per heavy atom. The molecule has 2 N–H and O–H groups in total. The summed E-state index contributed by atoms with van der Waals surface area (Å²) in [6.07, 6.45) is 3.25. The summed E-state index contributed by atoms with van der Waals surface area (Å²) in [5.74, 6) is -0.987. The molecule has 1 aromatic heterocycles. The number of halogens is 2. The predicted molar refractivity (Wildman–Crippen MR) is 135 cm³/mol. The molecule has 35 heavy (non-hydrogen) atoms. The average Bonchev–Trinajstić information content (AvgIpc) is 3.40. The van der Waals surface area contributed by atoms with Gasteiger partial charge in [-0.2, -0.15) is 0 Å². The quantitative estimate of drug-likeness (QED) is 0.379. The van der Waals surface area contributed by atoms with E-state index in [1.165, 1.54) is 28.3 Å². The highest BCUT2D eigenvalue weighted by molar-refractivity contribution is 6.31. The second kappa shape index (κ2) is 8.33. The summed E-state index contributed by atoms with van der Waals surface area (Å²) in [4.78, 5) is 27.6. The molecule has 3 heterocycles. The molecule has 0 amide bonds. The predicted octanol–water partition coefficient (Wildman–Crippen LogP) is 5.42. The average molecular weight is 488 g/mol. The van der Waals surface area contributed by atoms with Gasteiger partial charge in [-0.05, 0) is 67.9 Å². The summed E-state index contributed by atoms with van der Waals surface area (Å²) in [7, 11) is 0. The van der Waals surface area contributed by atoms with Gasteiger partial charge in [0.1, 0.15) is 5.82 Å². The molecule has 6 rings (SSSR count).